The lowest BCUT2D eigenvalue weighted by molar-refractivity contribution is 0.0636. The van der Waals surface area contributed by atoms with Crippen molar-refractivity contribution in [2.75, 3.05) is 12.4 Å². The van der Waals surface area contributed by atoms with Gasteiger partial charge in [-0.05, 0) is 32.9 Å². The molecule has 0 fully saturated rings. The second-order valence-corrected chi connectivity index (χ2v) is 5.23. The van der Waals surface area contributed by atoms with Crippen molar-refractivity contribution in [1.29, 1.82) is 0 Å². The molecule has 1 aromatic carbocycles. The van der Waals surface area contributed by atoms with Gasteiger partial charge in [0, 0.05) is 5.56 Å². The fraction of sp³-hybridized carbons (Fsp3) is 0.385. The summed E-state index contributed by atoms with van der Waals surface area (Å²) in [4.78, 5) is 22.6. The Morgan fingerprint density at radius 2 is 2.00 bits per heavy atom. The Kier molecular flexibility index (Phi) is 4.78. The van der Waals surface area contributed by atoms with Crippen LogP contribution >= 0.6 is 11.6 Å². The highest BCUT2D eigenvalue weighted by atomic mass is 35.5. The minimum absolute atomic E-state index is 0.257. The molecule has 0 aliphatic carbocycles. The molecule has 0 aliphatic rings. The summed E-state index contributed by atoms with van der Waals surface area (Å²) in [5, 5.41) is 2.77. The normalized spacial score (nSPS) is 10.8. The van der Waals surface area contributed by atoms with Crippen LogP contribution in [0.1, 0.15) is 31.1 Å². The summed E-state index contributed by atoms with van der Waals surface area (Å²) >= 11 is 5.94. The zero-order valence-corrected chi connectivity index (χ0v) is 12.0. The van der Waals surface area contributed by atoms with Gasteiger partial charge in [0.25, 0.3) is 0 Å². The van der Waals surface area contributed by atoms with Crippen LogP contribution in [0.5, 0.6) is 5.75 Å². The summed E-state index contributed by atoms with van der Waals surface area (Å²) in [6, 6.07) is 2.88. The van der Waals surface area contributed by atoms with Crippen molar-refractivity contribution in [2.45, 2.75) is 26.4 Å². The van der Waals surface area contributed by atoms with E-state index in [9.17, 15) is 9.59 Å². The van der Waals surface area contributed by atoms with Crippen molar-refractivity contribution in [3.05, 3.63) is 22.7 Å². The van der Waals surface area contributed by atoms with Crippen LogP contribution in [0.25, 0.3) is 0 Å². The first-order valence-electron chi connectivity index (χ1n) is 5.59. The minimum atomic E-state index is -0.656. The van der Waals surface area contributed by atoms with Crippen LogP contribution in [0.15, 0.2) is 12.1 Å². The number of benzene rings is 1. The Balaban J connectivity index is 2.98. The first-order chi connectivity index (χ1) is 8.76. The number of hydrogen-bond donors (Lipinski definition) is 1. The number of carbonyl (C=O) groups is 2. The second kappa shape index (κ2) is 5.93. The highest BCUT2D eigenvalue weighted by Crippen LogP contribution is 2.30. The van der Waals surface area contributed by atoms with Gasteiger partial charge in [0.15, 0.2) is 6.29 Å². The van der Waals surface area contributed by atoms with E-state index >= 15 is 0 Å². The topological polar surface area (TPSA) is 64.6 Å². The number of ether oxygens (including phenoxy) is 2. The Bertz CT molecular complexity index is 494. The molecular formula is C13H16ClNO4. The first-order valence-corrected chi connectivity index (χ1v) is 5.97. The van der Waals surface area contributed by atoms with Gasteiger partial charge < -0.3 is 9.47 Å². The van der Waals surface area contributed by atoms with Crippen LogP contribution in [-0.4, -0.2) is 25.1 Å². The number of aldehydes is 1. The predicted octanol–water partition coefficient (Wildman–Crippen LogP) is 3.51. The molecular weight excluding hydrogens is 270 g/mol. The van der Waals surface area contributed by atoms with Crippen LogP contribution in [-0.2, 0) is 4.74 Å². The zero-order valence-electron chi connectivity index (χ0n) is 11.2. The van der Waals surface area contributed by atoms with Crippen LogP contribution in [0, 0.1) is 0 Å². The van der Waals surface area contributed by atoms with Gasteiger partial charge >= 0.3 is 6.09 Å². The molecule has 0 spiro atoms. The number of anilines is 1. The lowest BCUT2D eigenvalue weighted by Gasteiger charge is -2.20. The van der Waals surface area contributed by atoms with E-state index < -0.39 is 11.7 Å². The Morgan fingerprint density at radius 1 is 1.37 bits per heavy atom. The molecule has 0 atom stereocenters. The fourth-order valence-corrected chi connectivity index (χ4v) is 1.59. The van der Waals surface area contributed by atoms with E-state index in [2.05, 4.69) is 5.32 Å². The SMILES string of the molecule is COc1cc(C=O)c(NC(=O)OC(C)(C)C)cc1Cl. The van der Waals surface area contributed by atoms with Crippen molar-refractivity contribution in [1.82, 2.24) is 0 Å². The van der Waals surface area contributed by atoms with E-state index in [0.29, 0.717) is 17.1 Å². The monoisotopic (exact) mass is 285 g/mol. The molecule has 0 radical (unpaired) electrons. The Labute approximate surface area is 116 Å². The molecule has 0 aromatic heterocycles. The van der Waals surface area contributed by atoms with E-state index in [4.69, 9.17) is 21.1 Å². The van der Waals surface area contributed by atoms with Gasteiger partial charge in [-0.15, -0.1) is 0 Å². The van der Waals surface area contributed by atoms with Crippen molar-refractivity contribution in [3.63, 3.8) is 0 Å². The van der Waals surface area contributed by atoms with Gasteiger partial charge in [0.2, 0.25) is 0 Å². The predicted molar refractivity (Wildman–Crippen MR) is 73.2 cm³/mol. The van der Waals surface area contributed by atoms with Crippen LogP contribution in [0.2, 0.25) is 5.02 Å². The highest BCUT2D eigenvalue weighted by molar-refractivity contribution is 6.32. The third-order valence-electron chi connectivity index (χ3n) is 2.09. The molecule has 6 heteroatoms. The van der Waals surface area contributed by atoms with Gasteiger partial charge in [-0.1, -0.05) is 11.6 Å². The van der Waals surface area contributed by atoms with Crippen LogP contribution < -0.4 is 10.1 Å². The maximum Gasteiger partial charge on any atom is 0.412 e. The number of nitrogens with one attached hydrogen (secondary N) is 1. The zero-order chi connectivity index (χ0) is 14.6. The molecule has 1 aromatic rings. The number of hydrogen-bond acceptors (Lipinski definition) is 4. The Morgan fingerprint density at radius 3 is 2.47 bits per heavy atom. The van der Waals surface area contributed by atoms with Crippen molar-refractivity contribution >= 4 is 29.7 Å². The van der Waals surface area contributed by atoms with E-state index in [1.165, 1.54) is 19.2 Å². The molecule has 0 saturated heterocycles. The lowest BCUT2D eigenvalue weighted by Crippen LogP contribution is -2.27. The summed E-state index contributed by atoms with van der Waals surface area (Å²) in [7, 11) is 1.44. The number of amides is 1. The molecule has 1 amide bonds. The number of carbonyl (C=O) groups excluding carboxylic acids is 2. The molecule has 0 aliphatic heterocycles. The van der Waals surface area contributed by atoms with Crippen molar-refractivity contribution in [3.8, 4) is 5.75 Å². The van der Waals surface area contributed by atoms with Gasteiger partial charge in [-0.2, -0.15) is 0 Å². The average molecular weight is 286 g/mol. The van der Waals surface area contributed by atoms with Crippen LogP contribution in [0.4, 0.5) is 10.5 Å². The molecule has 0 unspecified atom stereocenters. The summed E-state index contributed by atoms with van der Waals surface area (Å²) in [5.41, 5.74) is -0.0935. The molecule has 0 saturated carbocycles. The molecule has 0 bridgehead atoms. The molecule has 104 valence electrons. The Hall–Kier alpha value is -1.75. The van der Waals surface area contributed by atoms with Gasteiger partial charge in [-0.3, -0.25) is 10.1 Å². The van der Waals surface area contributed by atoms with E-state index in [0.717, 1.165) is 0 Å². The third-order valence-corrected chi connectivity index (χ3v) is 2.38. The number of halogens is 1. The summed E-state index contributed by atoms with van der Waals surface area (Å²) in [6.07, 6.45) is -0.0530. The summed E-state index contributed by atoms with van der Waals surface area (Å²) in [5.74, 6) is 0.360. The van der Waals surface area contributed by atoms with E-state index in [-0.39, 0.29) is 11.3 Å². The summed E-state index contributed by atoms with van der Waals surface area (Å²) < 4.78 is 10.1. The van der Waals surface area contributed by atoms with E-state index in [1.54, 1.807) is 20.8 Å². The average Bonchev–Trinajstić information content (AvgIpc) is 2.26. The molecule has 5 nitrogen and oxygen atoms in total. The number of rotatable bonds is 3. The largest absolute Gasteiger partial charge is 0.495 e. The quantitative estimate of drug-likeness (QED) is 0.863. The fourth-order valence-electron chi connectivity index (χ4n) is 1.34. The lowest BCUT2D eigenvalue weighted by atomic mass is 10.2. The maximum atomic E-state index is 11.6. The van der Waals surface area contributed by atoms with Crippen LogP contribution in [0.3, 0.4) is 0 Å². The third kappa shape index (κ3) is 4.44. The van der Waals surface area contributed by atoms with Gasteiger partial charge in [-0.25, -0.2) is 4.79 Å². The standard InChI is InChI=1S/C13H16ClNO4/c1-13(2,3)19-12(17)15-10-6-9(14)11(18-4)5-8(10)7-16/h5-7H,1-4H3,(H,15,17). The first kappa shape index (κ1) is 15.3. The summed E-state index contributed by atoms with van der Waals surface area (Å²) in [6.45, 7) is 5.23. The van der Waals surface area contributed by atoms with Crippen molar-refractivity contribution in [2.24, 2.45) is 0 Å². The van der Waals surface area contributed by atoms with E-state index in [1.807, 2.05) is 0 Å². The van der Waals surface area contributed by atoms with Gasteiger partial charge in [0.05, 0.1) is 17.8 Å². The molecule has 1 rings (SSSR count). The number of methoxy groups -OCH3 is 1. The second-order valence-electron chi connectivity index (χ2n) is 4.82. The molecule has 0 heterocycles. The smallest absolute Gasteiger partial charge is 0.412 e. The van der Waals surface area contributed by atoms with Gasteiger partial charge in [0.1, 0.15) is 11.4 Å². The highest BCUT2D eigenvalue weighted by Gasteiger charge is 2.18. The maximum absolute atomic E-state index is 11.6. The van der Waals surface area contributed by atoms with Crippen molar-refractivity contribution < 1.29 is 19.1 Å². The molecule has 19 heavy (non-hydrogen) atoms. The minimum Gasteiger partial charge on any atom is -0.495 e. The molecule has 1 N–H and O–H groups in total.